The molecule has 0 amide bonds. The number of carbonyl (C=O) groups is 1. The summed E-state index contributed by atoms with van der Waals surface area (Å²) in [5, 5.41) is 8.53. The van der Waals surface area contributed by atoms with E-state index in [1.165, 1.54) is 12.1 Å². The van der Waals surface area contributed by atoms with Crippen molar-refractivity contribution >= 4 is 16.9 Å². The molecule has 0 unspecified atom stereocenters. The van der Waals surface area contributed by atoms with Gasteiger partial charge in [0.05, 0.1) is 5.39 Å². The zero-order chi connectivity index (χ0) is 23.8. The first kappa shape index (κ1) is 23.2. The van der Waals surface area contributed by atoms with Crippen LogP contribution in [0.25, 0.3) is 11.0 Å². The second-order valence-corrected chi connectivity index (χ2v) is 8.28. The van der Waals surface area contributed by atoms with E-state index in [0.717, 1.165) is 11.6 Å². The number of carboxylic acid groups (broad SMARTS) is 1. The lowest BCUT2D eigenvalue weighted by Gasteiger charge is -2.23. The van der Waals surface area contributed by atoms with Crippen molar-refractivity contribution in [3.63, 3.8) is 0 Å². The number of alkyl halides is 3. The fraction of sp³-hybridized carbons (Fsp3) is 0.304. The predicted molar refractivity (Wildman–Crippen MR) is 111 cm³/mol. The molecule has 6 nitrogen and oxygen atoms in total. The molecule has 0 saturated heterocycles. The Bertz CT molecular complexity index is 1240. The van der Waals surface area contributed by atoms with Gasteiger partial charge in [-0.1, -0.05) is 32.9 Å². The maximum Gasteiger partial charge on any atom is 0.453 e. The third-order valence-corrected chi connectivity index (χ3v) is 4.60. The van der Waals surface area contributed by atoms with Gasteiger partial charge in [-0.2, -0.15) is 13.2 Å². The average molecular weight is 450 g/mol. The van der Waals surface area contributed by atoms with Gasteiger partial charge in [0.1, 0.15) is 17.1 Å². The molecule has 0 aliphatic heterocycles. The number of aliphatic carboxylic acids is 1. The van der Waals surface area contributed by atoms with Crippen LogP contribution in [0.3, 0.4) is 0 Å². The van der Waals surface area contributed by atoms with Crippen LogP contribution < -0.4 is 14.9 Å². The molecule has 0 radical (unpaired) electrons. The van der Waals surface area contributed by atoms with Crippen LogP contribution in [0.5, 0.6) is 17.2 Å². The SMILES string of the molecule is Cc1ccc(C(C)(C)C)c(Oc2c(C(F)(F)F)oc3cc(OCC(=O)O)ccc3c2=O)c1. The molecule has 1 heterocycles. The minimum absolute atomic E-state index is 0.0569. The standard InChI is InChI=1S/C23H21F3O6/c1-12-5-8-15(22(2,3)4)17(9-12)31-20-19(29)14-7-6-13(30-11-18(27)28)10-16(14)32-21(20)23(24,25)26/h5-10H,11H2,1-4H3,(H,27,28). The largest absolute Gasteiger partial charge is 0.482 e. The lowest BCUT2D eigenvalue weighted by molar-refractivity contribution is -0.154. The molecule has 9 heteroatoms. The van der Waals surface area contributed by atoms with Crippen molar-refractivity contribution in [2.24, 2.45) is 0 Å². The minimum atomic E-state index is -5.02. The van der Waals surface area contributed by atoms with Gasteiger partial charge >= 0.3 is 12.1 Å². The van der Waals surface area contributed by atoms with Gasteiger partial charge in [-0.3, -0.25) is 4.79 Å². The molecule has 0 spiro atoms. The van der Waals surface area contributed by atoms with E-state index in [1.807, 2.05) is 20.8 Å². The van der Waals surface area contributed by atoms with E-state index < -0.39 is 46.7 Å². The second kappa shape index (κ2) is 8.22. The van der Waals surface area contributed by atoms with Crippen LogP contribution in [0.4, 0.5) is 13.2 Å². The number of halogens is 3. The Morgan fingerprint density at radius 1 is 1.09 bits per heavy atom. The Balaban J connectivity index is 2.20. The van der Waals surface area contributed by atoms with Gasteiger partial charge in [0.2, 0.25) is 11.2 Å². The molecule has 3 rings (SSSR count). The van der Waals surface area contributed by atoms with Crippen molar-refractivity contribution < 1.29 is 37.0 Å². The summed E-state index contributed by atoms with van der Waals surface area (Å²) in [5.41, 5.74) is -0.517. The lowest BCUT2D eigenvalue weighted by atomic mass is 9.86. The molecule has 0 bridgehead atoms. The highest BCUT2D eigenvalue weighted by molar-refractivity contribution is 5.80. The Morgan fingerprint density at radius 2 is 1.78 bits per heavy atom. The quantitative estimate of drug-likeness (QED) is 0.539. The molecule has 3 aromatic rings. The summed E-state index contributed by atoms with van der Waals surface area (Å²) in [5.74, 6) is -3.76. The molecule has 0 saturated carbocycles. The van der Waals surface area contributed by atoms with Gasteiger partial charge in [-0.05, 0) is 36.1 Å². The zero-order valence-corrected chi connectivity index (χ0v) is 17.8. The van der Waals surface area contributed by atoms with Gasteiger partial charge in [0, 0.05) is 11.6 Å². The van der Waals surface area contributed by atoms with E-state index in [0.29, 0.717) is 5.56 Å². The van der Waals surface area contributed by atoms with Crippen molar-refractivity contribution in [1.82, 2.24) is 0 Å². The molecule has 32 heavy (non-hydrogen) atoms. The van der Waals surface area contributed by atoms with Crippen LogP contribution in [-0.4, -0.2) is 17.7 Å². The van der Waals surface area contributed by atoms with Crippen molar-refractivity contribution in [2.75, 3.05) is 6.61 Å². The summed E-state index contributed by atoms with van der Waals surface area (Å²) < 4.78 is 57.0. The van der Waals surface area contributed by atoms with Crippen LogP contribution in [0.2, 0.25) is 0 Å². The number of hydrogen-bond acceptors (Lipinski definition) is 5. The third kappa shape index (κ3) is 4.87. The van der Waals surface area contributed by atoms with Gasteiger partial charge in [0.15, 0.2) is 6.61 Å². The highest BCUT2D eigenvalue weighted by Crippen LogP contribution is 2.41. The summed E-state index contributed by atoms with van der Waals surface area (Å²) in [6.45, 7) is 6.67. The highest BCUT2D eigenvalue weighted by Gasteiger charge is 2.41. The van der Waals surface area contributed by atoms with Crippen LogP contribution in [0.1, 0.15) is 37.7 Å². The molecule has 170 valence electrons. The van der Waals surface area contributed by atoms with Gasteiger partial charge in [-0.15, -0.1) is 0 Å². The van der Waals surface area contributed by atoms with E-state index in [4.69, 9.17) is 19.0 Å². The fourth-order valence-corrected chi connectivity index (χ4v) is 3.11. The number of carboxylic acids is 1. The maximum absolute atomic E-state index is 13.8. The average Bonchev–Trinajstić information content (AvgIpc) is 2.66. The Kier molecular flexibility index (Phi) is 5.95. The topological polar surface area (TPSA) is 86.0 Å². The zero-order valence-electron chi connectivity index (χ0n) is 17.8. The summed E-state index contributed by atoms with van der Waals surface area (Å²) in [6.07, 6.45) is -5.02. The molecule has 2 aromatic carbocycles. The first-order chi connectivity index (χ1) is 14.8. The molecular weight excluding hydrogens is 429 g/mol. The molecule has 0 aliphatic carbocycles. The number of fused-ring (bicyclic) bond motifs is 1. The second-order valence-electron chi connectivity index (χ2n) is 8.28. The van der Waals surface area contributed by atoms with Crippen LogP contribution in [0, 0.1) is 6.92 Å². The first-order valence-corrected chi connectivity index (χ1v) is 9.59. The number of benzene rings is 2. The molecule has 1 aromatic heterocycles. The van der Waals surface area contributed by atoms with Crippen molar-refractivity contribution in [2.45, 2.75) is 39.3 Å². The summed E-state index contributed by atoms with van der Waals surface area (Å²) in [7, 11) is 0. The third-order valence-electron chi connectivity index (χ3n) is 4.60. The molecule has 1 N–H and O–H groups in total. The smallest absolute Gasteiger partial charge is 0.453 e. The highest BCUT2D eigenvalue weighted by atomic mass is 19.4. The number of ether oxygens (including phenoxy) is 2. The van der Waals surface area contributed by atoms with Gasteiger partial charge in [0.25, 0.3) is 5.76 Å². The van der Waals surface area contributed by atoms with Gasteiger partial charge in [-0.25, -0.2) is 4.79 Å². The van der Waals surface area contributed by atoms with Crippen molar-refractivity contribution in [3.8, 4) is 17.2 Å². The molecular formula is C23H21F3O6. The Morgan fingerprint density at radius 3 is 2.38 bits per heavy atom. The van der Waals surface area contributed by atoms with Gasteiger partial charge < -0.3 is 19.0 Å². The number of aryl methyl sites for hydroxylation is 1. The Hall–Kier alpha value is -3.49. The number of rotatable bonds is 5. The van der Waals surface area contributed by atoms with Crippen molar-refractivity contribution in [3.05, 3.63) is 63.5 Å². The maximum atomic E-state index is 13.8. The Labute approximate surface area is 181 Å². The first-order valence-electron chi connectivity index (χ1n) is 9.59. The van der Waals surface area contributed by atoms with Crippen LogP contribution in [-0.2, 0) is 16.4 Å². The monoisotopic (exact) mass is 450 g/mol. The molecule has 0 aliphatic rings. The van der Waals surface area contributed by atoms with Crippen LogP contribution in [0.15, 0.2) is 45.6 Å². The fourth-order valence-electron chi connectivity index (χ4n) is 3.11. The van der Waals surface area contributed by atoms with E-state index in [1.54, 1.807) is 25.1 Å². The van der Waals surface area contributed by atoms with E-state index in [2.05, 4.69) is 0 Å². The summed E-state index contributed by atoms with van der Waals surface area (Å²) in [4.78, 5) is 23.7. The predicted octanol–water partition coefficient (Wildman–Crippen LogP) is 5.67. The summed E-state index contributed by atoms with van der Waals surface area (Å²) in [6, 6.07) is 8.62. The molecule has 0 atom stereocenters. The lowest BCUT2D eigenvalue weighted by Crippen LogP contribution is -2.18. The minimum Gasteiger partial charge on any atom is -0.482 e. The summed E-state index contributed by atoms with van der Waals surface area (Å²) >= 11 is 0. The normalized spacial score (nSPS) is 12.1. The van der Waals surface area contributed by atoms with Crippen LogP contribution >= 0.6 is 0 Å². The molecule has 0 fully saturated rings. The van der Waals surface area contributed by atoms with E-state index >= 15 is 0 Å². The van der Waals surface area contributed by atoms with E-state index in [9.17, 15) is 22.8 Å². The number of hydrogen-bond donors (Lipinski definition) is 1. The van der Waals surface area contributed by atoms with Crippen molar-refractivity contribution in [1.29, 1.82) is 0 Å². The van der Waals surface area contributed by atoms with E-state index in [-0.39, 0.29) is 16.9 Å².